The lowest BCUT2D eigenvalue weighted by atomic mass is 10.3. The van der Waals surface area contributed by atoms with Gasteiger partial charge >= 0.3 is 0 Å². The summed E-state index contributed by atoms with van der Waals surface area (Å²) in [5.74, 6) is 0.317. The fourth-order valence-electron chi connectivity index (χ4n) is 1.65. The number of hydrogen-bond donors (Lipinski definition) is 1. The van der Waals surface area contributed by atoms with E-state index in [-0.39, 0.29) is 11.7 Å². The minimum atomic E-state index is -0.218. The van der Waals surface area contributed by atoms with Crippen molar-refractivity contribution in [3.63, 3.8) is 0 Å². The first-order valence-corrected chi connectivity index (χ1v) is 3.28. The molecule has 0 aromatic heterocycles. The molecule has 3 fully saturated rings. The molecule has 1 aliphatic carbocycles. The number of aliphatic hydroxyl groups is 1. The van der Waals surface area contributed by atoms with Crippen molar-refractivity contribution in [2.45, 2.75) is 17.8 Å². The third-order valence-electron chi connectivity index (χ3n) is 2.53. The summed E-state index contributed by atoms with van der Waals surface area (Å²) in [5.41, 5.74) is -0.110. The molecule has 9 heavy (non-hydrogen) atoms. The third kappa shape index (κ3) is 0.407. The van der Waals surface area contributed by atoms with Crippen LogP contribution in [0, 0.1) is 5.92 Å². The van der Waals surface area contributed by atoms with Gasteiger partial charge in [0.25, 0.3) is 0 Å². The Morgan fingerprint density at radius 3 is 2.56 bits per heavy atom. The van der Waals surface area contributed by atoms with Crippen LogP contribution in [0.2, 0.25) is 0 Å². The van der Waals surface area contributed by atoms with Crippen LogP contribution in [0.5, 0.6) is 0 Å². The topological polar surface area (TPSA) is 45.3 Å². The van der Waals surface area contributed by atoms with Crippen molar-refractivity contribution in [3.05, 3.63) is 0 Å². The second-order valence-electron chi connectivity index (χ2n) is 3.09. The van der Waals surface area contributed by atoms with Gasteiger partial charge in [0.15, 0.2) is 0 Å². The Kier molecular flexibility index (Phi) is 0.542. The highest BCUT2D eigenvalue weighted by Crippen LogP contribution is 2.60. The molecular weight excluding hydrogens is 120 g/mol. The van der Waals surface area contributed by atoms with E-state index in [0.717, 1.165) is 13.2 Å². The van der Waals surface area contributed by atoms with Gasteiger partial charge in [-0.2, -0.15) is 0 Å². The molecule has 0 bridgehead atoms. The number of hydrogen-bond acceptors (Lipinski definition) is 3. The van der Waals surface area contributed by atoms with E-state index in [2.05, 4.69) is 0 Å². The zero-order valence-electron chi connectivity index (χ0n) is 4.91. The van der Waals surface area contributed by atoms with E-state index in [0.29, 0.717) is 12.0 Å². The van der Waals surface area contributed by atoms with E-state index in [1.165, 1.54) is 0 Å². The average molecular weight is 128 g/mol. The van der Waals surface area contributed by atoms with Gasteiger partial charge < -0.3 is 14.6 Å². The van der Waals surface area contributed by atoms with Crippen LogP contribution in [0.25, 0.3) is 0 Å². The Morgan fingerprint density at radius 1 is 1.56 bits per heavy atom. The van der Waals surface area contributed by atoms with E-state index in [9.17, 15) is 5.11 Å². The van der Waals surface area contributed by atoms with Crippen LogP contribution in [0.4, 0.5) is 0 Å². The minimum absolute atomic E-state index is 0.110. The molecule has 3 aliphatic rings. The molecule has 1 N–H and O–H groups in total. The van der Waals surface area contributed by atoms with Crippen molar-refractivity contribution < 1.29 is 14.6 Å². The Labute approximate surface area is 52.6 Å². The summed E-state index contributed by atoms with van der Waals surface area (Å²) in [5, 5.41) is 9.22. The molecule has 2 heterocycles. The maximum absolute atomic E-state index is 9.22. The van der Waals surface area contributed by atoms with E-state index in [4.69, 9.17) is 9.47 Å². The maximum atomic E-state index is 9.22. The molecule has 3 rings (SSSR count). The van der Waals surface area contributed by atoms with Crippen molar-refractivity contribution >= 4 is 0 Å². The molecule has 2 aliphatic heterocycles. The van der Waals surface area contributed by atoms with Gasteiger partial charge in [-0.1, -0.05) is 0 Å². The van der Waals surface area contributed by atoms with Gasteiger partial charge in [-0.15, -0.1) is 0 Å². The fourth-order valence-corrected chi connectivity index (χ4v) is 1.65. The summed E-state index contributed by atoms with van der Waals surface area (Å²) < 4.78 is 10.1. The lowest BCUT2D eigenvalue weighted by Gasteiger charge is -1.79. The standard InChI is InChI=1S/C6H8O3/c7-5-4(3-1-8-3)6(5)2-9-6/h3-5,7H,1-2H2/t3?,4?,5?,6-/m1/s1. The van der Waals surface area contributed by atoms with Gasteiger partial charge in [-0.3, -0.25) is 0 Å². The van der Waals surface area contributed by atoms with Gasteiger partial charge in [-0.25, -0.2) is 0 Å². The van der Waals surface area contributed by atoms with Gasteiger partial charge in [-0.05, 0) is 0 Å². The lowest BCUT2D eigenvalue weighted by Crippen LogP contribution is -1.95. The highest BCUT2D eigenvalue weighted by Gasteiger charge is 2.78. The lowest BCUT2D eigenvalue weighted by molar-refractivity contribution is 0.224. The number of ether oxygens (including phenoxy) is 2. The van der Waals surface area contributed by atoms with Crippen LogP contribution in [-0.4, -0.2) is 36.1 Å². The van der Waals surface area contributed by atoms with Crippen molar-refractivity contribution in [1.82, 2.24) is 0 Å². The van der Waals surface area contributed by atoms with Gasteiger partial charge in [0, 0.05) is 0 Å². The fraction of sp³-hybridized carbons (Fsp3) is 1.00. The number of aliphatic hydroxyl groups excluding tert-OH is 1. The van der Waals surface area contributed by atoms with E-state index in [1.807, 2.05) is 0 Å². The predicted octanol–water partition coefficient (Wildman–Crippen LogP) is -0.855. The zero-order chi connectivity index (χ0) is 6.06. The summed E-state index contributed by atoms with van der Waals surface area (Å²) in [6.45, 7) is 1.57. The molecule has 0 aromatic rings. The van der Waals surface area contributed by atoms with E-state index < -0.39 is 0 Å². The maximum Gasteiger partial charge on any atom is 0.126 e. The molecule has 1 spiro atoms. The summed E-state index contributed by atoms with van der Waals surface area (Å²) in [6.07, 6.45) is 0.104. The Bertz CT molecular complexity index is 160. The highest BCUT2D eigenvalue weighted by molar-refractivity contribution is 5.26. The van der Waals surface area contributed by atoms with Crippen molar-refractivity contribution in [3.8, 4) is 0 Å². The quantitative estimate of drug-likeness (QED) is 0.467. The molecule has 3 heteroatoms. The third-order valence-corrected chi connectivity index (χ3v) is 2.53. The van der Waals surface area contributed by atoms with Gasteiger partial charge in [0.2, 0.25) is 0 Å². The van der Waals surface area contributed by atoms with Crippen molar-refractivity contribution in [1.29, 1.82) is 0 Å². The monoisotopic (exact) mass is 128 g/mol. The number of rotatable bonds is 1. The summed E-state index contributed by atoms with van der Waals surface area (Å²) >= 11 is 0. The van der Waals surface area contributed by atoms with Crippen LogP contribution >= 0.6 is 0 Å². The molecule has 50 valence electrons. The molecule has 0 radical (unpaired) electrons. The molecule has 0 aromatic carbocycles. The van der Waals surface area contributed by atoms with Crippen molar-refractivity contribution in [2.75, 3.05) is 13.2 Å². The van der Waals surface area contributed by atoms with Crippen LogP contribution in [0.15, 0.2) is 0 Å². The molecule has 3 unspecified atom stereocenters. The second kappa shape index (κ2) is 1.05. The summed E-state index contributed by atoms with van der Waals surface area (Å²) in [4.78, 5) is 0. The molecule has 0 amide bonds. The Morgan fingerprint density at radius 2 is 2.22 bits per heavy atom. The number of epoxide rings is 2. The van der Waals surface area contributed by atoms with Crippen LogP contribution in [0.1, 0.15) is 0 Å². The van der Waals surface area contributed by atoms with Crippen LogP contribution in [-0.2, 0) is 9.47 Å². The van der Waals surface area contributed by atoms with Crippen LogP contribution < -0.4 is 0 Å². The first-order chi connectivity index (χ1) is 4.34. The normalized spacial score (nSPS) is 68.3. The first kappa shape index (κ1) is 4.66. The highest BCUT2D eigenvalue weighted by atomic mass is 16.6. The molecule has 4 atom stereocenters. The largest absolute Gasteiger partial charge is 0.389 e. The van der Waals surface area contributed by atoms with Crippen LogP contribution in [0.3, 0.4) is 0 Å². The molecular formula is C6H8O3. The van der Waals surface area contributed by atoms with Gasteiger partial charge in [0.1, 0.15) is 5.60 Å². The molecule has 1 saturated carbocycles. The van der Waals surface area contributed by atoms with Gasteiger partial charge in [0.05, 0.1) is 31.3 Å². The Balaban J connectivity index is 1.82. The average Bonchev–Trinajstić information content (AvgIpc) is 2.64. The van der Waals surface area contributed by atoms with E-state index >= 15 is 0 Å². The molecule has 3 nitrogen and oxygen atoms in total. The smallest absolute Gasteiger partial charge is 0.126 e. The summed E-state index contributed by atoms with van der Waals surface area (Å²) in [7, 11) is 0. The predicted molar refractivity (Wildman–Crippen MR) is 27.9 cm³/mol. The minimum Gasteiger partial charge on any atom is -0.389 e. The van der Waals surface area contributed by atoms with E-state index in [1.54, 1.807) is 0 Å². The first-order valence-electron chi connectivity index (χ1n) is 3.28. The SMILES string of the molecule is OC1C(C2CO2)[C@]12CO2. The zero-order valence-corrected chi connectivity index (χ0v) is 4.91. The van der Waals surface area contributed by atoms with Crippen molar-refractivity contribution in [2.24, 2.45) is 5.92 Å². The second-order valence-corrected chi connectivity index (χ2v) is 3.09. The molecule has 2 saturated heterocycles. The summed E-state index contributed by atoms with van der Waals surface area (Å²) in [6, 6.07) is 0. The Hall–Kier alpha value is -0.120.